The predicted molar refractivity (Wildman–Crippen MR) is 59.1 cm³/mol. The van der Waals surface area contributed by atoms with Crippen LogP contribution in [0, 0.1) is 0 Å². The molecular formula is C11H16N2O4. The number of rotatable bonds is 5. The quantitative estimate of drug-likeness (QED) is 0.640. The number of imide groups is 1. The van der Waals surface area contributed by atoms with Crippen molar-refractivity contribution in [1.29, 1.82) is 0 Å². The number of amides is 2. The molecule has 0 spiro atoms. The molecule has 6 heteroatoms. The van der Waals surface area contributed by atoms with Gasteiger partial charge >= 0.3 is 0 Å². The maximum absolute atomic E-state index is 11.9. The van der Waals surface area contributed by atoms with Crippen LogP contribution >= 0.6 is 0 Å². The van der Waals surface area contributed by atoms with Gasteiger partial charge in [-0.25, -0.2) is 0 Å². The highest BCUT2D eigenvalue weighted by Crippen LogP contribution is 2.19. The van der Waals surface area contributed by atoms with Crippen LogP contribution in [0.2, 0.25) is 0 Å². The van der Waals surface area contributed by atoms with Gasteiger partial charge in [-0.3, -0.25) is 24.1 Å². The summed E-state index contributed by atoms with van der Waals surface area (Å²) in [5.74, 6) is -1.41. The first-order chi connectivity index (χ1) is 7.88. The molecule has 1 N–H and O–H groups in total. The molecular weight excluding hydrogens is 224 g/mol. The second-order valence-electron chi connectivity index (χ2n) is 4.18. The number of carbonyl (C=O) groups is 4. The van der Waals surface area contributed by atoms with Gasteiger partial charge in [0.25, 0.3) is 0 Å². The van der Waals surface area contributed by atoms with E-state index in [1.54, 1.807) is 7.05 Å². The number of hydrogen-bond acceptors (Lipinski definition) is 5. The van der Waals surface area contributed by atoms with Crippen molar-refractivity contribution in [3.63, 3.8) is 0 Å². The molecule has 2 unspecified atom stereocenters. The lowest BCUT2D eigenvalue weighted by molar-refractivity contribution is -0.146. The summed E-state index contributed by atoms with van der Waals surface area (Å²) in [6.07, 6.45) is -0.0692. The van der Waals surface area contributed by atoms with Crippen LogP contribution in [0.25, 0.3) is 0 Å². The van der Waals surface area contributed by atoms with Crippen LogP contribution in [0.4, 0.5) is 0 Å². The topological polar surface area (TPSA) is 83.6 Å². The lowest BCUT2D eigenvalue weighted by Crippen LogP contribution is -2.47. The van der Waals surface area contributed by atoms with Crippen LogP contribution in [0.3, 0.4) is 0 Å². The SMILES string of the molecule is CNC1CC(=O)N(C(CC(C)=O)C(C)=O)C1=O. The van der Waals surface area contributed by atoms with Crippen molar-refractivity contribution in [3.05, 3.63) is 0 Å². The third-order valence-corrected chi connectivity index (χ3v) is 2.79. The summed E-state index contributed by atoms with van der Waals surface area (Å²) >= 11 is 0. The van der Waals surface area contributed by atoms with Gasteiger partial charge in [-0.2, -0.15) is 0 Å². The maximum atomic E-state index is 11.9. The van der Waals surface area contributed by atoms with E-state index in [4.69, 9.17) is 0 Å². The molecule has 0 aliphatic carbocycles. The van der Waals surface area contributed by atoms with Crippen LogP contribution in [0.15, 0.2) is 0 Å². The number of nitrogens with one attached hydrogen (secondary N) is 1. The van der Waals surface area contributed by atoms with Crippen molar-refractivity contribution < 1.29 is 19.2 Å². The zero-order valence-electron chi connectivity index (χ0n) is 10.1. The lowest BCUT2D eigenvalue weighted by Gasteiger charge is -2.23. The van der Waals surface area contributed by atoms with Crippen molar-refractivity contribution in [2.75, 3.05) is 7.05 Å². The molecule has 1 fully saturated rings. The Morgan fingerprint density at radius 2 is 2.00 bits per heavy atom. The maximum Gasteiger partial charge on any atom is 0.247 e. The van der Waals surface area contributed by atoms with Crippen LogP contribution in [0.1, 0.15) is 26.7 Å². The van der Waals surface area contributed by atoms with Gasteiger partial charge in [-0.15, -0.1) is 0 Å². The molecule has 6 nitrogen and oxygen atoms in total. The molecule has 1 aliphatic rings. The number of likely N-dealkylation sites (tertiary alicyclic amines) is 1. The molecule has 1 heterocycles. The summed E-state index contributed by atoms with van der Waals surface area (Å²) in [7, 11) is 1.58. The van der Waals surface area contributed by atoms with E-state index in [9.17, 15) is 19.2 Å². The van der Waals surface area contributed by atoms with Gasteiger partial charge in [-0.05, 0) is 20.9 Å². The first kappa shape index (κ1) is 13.5. The van der Waals surface area contributed by atoms with Gasteiger partial charge in [0.15, 0.2) is 5.78 Å². The summed E-state index contributed by atoms with van der Waals surface area (Å²) in [6, 6.07) is -1.54. The van der Waals surface area contributed by atoms with E-state index in [2.05, 4.69) is 5.32 Å². The van der Waals surface area contributed by atoms with Crippen LogP contribution < -0.4 is 5.32 Å². The molecule has 0 saturated carbocycles. The van der Waals surface area contributed by atoms with Gasteiger partial charge < -0.3 is 5.32 Å². The Bertz CT molecular complexity index is 378. The average molecular weight is 240 g/mol. The average Bonchev–Trinajstić information content (AvgIpc) is 2.50. The van der Waals surface area contributed by atoms with Crippen molar-refractivity contribution in [1.82, 2.24) is 10.2 Å². The molecule has 1 saturated heterocycles. The van der Waals surface area contributed by atoms with Crippen LogP contribution in [-0.2, 0) is 19.2 Å². The highest BCUT2D eigenvalue weighted by atomic mass is 16.2. The second-order valence-corrected chi connectivity index (χ2v) is 4.18. The Hall–Kier alpha value is -1.56. The third kappa shape index (κ3) is 2.76. The molecule has 0 radical (unpaired) electrons. The van der Waals surface area contributed by atoms with Crippen molar-refractivity contribution in [2.45, 2.75) is 38.8 Å². The minimum atomic E-state index is -0.953. The number of carbonyl (C=O) groups excluding carboxylic acids is 4. The van der Waals surface area contributed by atoms with Gasteiger partial charge in [0, 0.05) is 6.42 Å². The molecule has 17 heavy (non-hydrogen) atoms. The van der Waals surface area contributed by atoms with E-state index in [-0.39, 0.29) is 24.4 Å². The van der Waals surface area contributed by atoms with E-state index in [0.717, 1.165) is 4.90 Å². The largest absolute Gasteiger partial charge is 0.308 e. The molecule has 0 aromatic rings. The standard InChI is InChI=1S/C11H16N2O4/c1-6(14)4-9(7(2)15)13-10(16)5-8(12-3)11(13)17/h8-9,12H,4-5H2,1-3H3. The molecule has 2 amide bonds. The second kappa shape index (κ2) is 5.18. The van der Waals surface area contributed by atoms with Crippen molar-refractivity contribution in [3.8, 4) is 0 Å². The zero-order chi connectivity index (χ0) is 13.2. The smallest absolute Gasteiger partial charge is 0.247 e. The van der Waals surface area contributed by atoms with E-state index in [1.165, 1.54) is 13.8 Å². The first-order valence-electron chi connectivity index (χ1n) is 5.41. The van der Waals surface area contributed by atoms with Crippen LogP contribution in [-0.4, -0.2) is 47.4 Å². The number of ketones is 2. The summed E-state index contributed by atoms with van der Waals surface area (Å²) in [5, 5.41) is 2.71. The summed E-state index contributed by atoms with van der Waals surface area (Å²) in [6.45, 7) is 2.61. The normalized spacial score (nSPS) is 21.8. The molecule has 2 atom stereocenters. The Labute approximate surface area is 99.3 Å². The van der Waals surface area contributed by atoms with Gasteiger partial charge in [0.1, 0.15) is 11.8 Å². The van der Waals surface area contributed by atoms with E-state index in [0.29, 0.717) is 0 Å². The number of nitrogens with zero attached hydrogens (tertiary/aromatic N) is 1. The minimum Gasteiger partial charge on any atom is -0.308 e. The number of Topliss-reactive ketones (excluding diaryl/α,β-unsaturated/α-hetero) is 2. The van der Waals surface area contributed by atoms with Gasteiger partial charge in [0.05, 0.1) is 12.5 Å². The Balaban J connectivity index is 2.95. The van der Waals surface area contributed by atoms with E-state index in [1.807, 2.05) is 0 Å². The van der Waals surface area contributed by atoms with Gasteiger partial charge in [0.2, 0.25) is 11.8 Å². The summed E-state index contributed by atoms with van der Waals surface area (Å²) < 4.78 is 0. The molecule has 0 aromatic carbocycles. The molecule has 94 valence electrons. The fourth-order valence-electron chi connectivity index (χ4n) is 1.89. The van der Waals surface area contributed by atoms with E-state index >= 15 is 0 Å². The predicted octanol–water partition coefficient (Wildman–Crippen LogP) is -0.730. The molecule has 0 bridgehead atoms. The van der Waals surface area contributed by atoms with Crippen LogP contribution in [0.5, 0.6) is 0 Å². The minimum absolute atomic E-state index is 0.0387. The molecule has 1 aliphatic heterocycles. The van der Waals surface area contributed by atoms with E-state index < -0.39 is 23.9 Å². The fourth-order valence-corrected chi connectivity index (χ4v) is 1.89. The monoisotopic (exact) mass is 240 g/mol. The Kier molecular flexibility index (Phi) is 4.11. The zero-order valence-corrected chi connectivity index (χ0v) is 10.1. The summed E-state index contributed by atoms with van der Waals surface area (Å²) in [5.41, 5.74) is 0. The Morgan fingerprint density at radius 1 is 1.41 bits per heavy atom. The number of likely N-dealkylation sites (N-methyl/N-ethyl adjacent to an activating group) is 1. The fraction of sp³-hybridized carbons (Fsp3) is 0.636. The third-order valence-electron chi connectivity index (χ3n) is 2.79. The highest BCUT2D eigenvalue weighted by molar-refractivity contribution is 6.09. The molecule has 0 aromatic heterocycles. The Morgan fingerprint density at radius 3 is 2.35 bits per heavy atom. The van der Waals surface area contributed by atoms with Gasteiger partial charge in [-0.1, -0.05) is 0 Å². The molecule has 1 rings (SSSR count). The number of hydrogen-bond donors (Lipinski definition) is 1. The summed E-state index contributed by atoms with van der Waals surface area (Å²) in [4.78, 5) is 47.0. The lowest BCUT2D eigenvalue weighted by atomic mass is 10.1. The van der Waals surface area contributed by atoms with Crippen molar-refractivity contribution in [2.24, 2.45) is 0 Å². The van der Waals surface area contributed by atoms with Crippen molar-refractivity contribution >= 4 is 23.4 Å². The first-order valence-corrected chi connectivity index (χ1v) is 5.41. The highest BCUT2D eigenvalue weighted by Gasteiger charge is 2.43.